The Morgan fingerprint density at radius 3 is 2.88 bits per heavy atom. The van der Waals surface area contributed by atoms with Gasteiger partial charge in [-0.15, -0.1) is 0 Å². The normalized spacial score (nSPS) is 23.6. The summed E-state index contributed by atoms with van der Waals surface area (Å²) in [6.45, 7) is 2.21. The second kappa shape index (κ2) is 4.87. The Morgan fingerprint density at radius 1 is 1.59 bits per heavy atom. The van der Waals surface area contributed by atoms with Crippen LogP contribution in [-0.2, 0) is 0 Å². The standard InChI is InChI=1S/C11H14ClN3O2/c1-7-2-3-8(4-7)14-11-10(12)5-9(6-13-11)15(16)17/h5-8H,2-4H2,1H3,(H,13,14). The quantitative estimate of drug-likeness (QED) is 0.665. The lowest BCUT2D eigenvalue weighted by Crippen LogP contribution is -2.16. The zero-order valence-electron chi connectivity index (χ0n) is 9.52. The molecule has 0 saturated heterocycles. The Morgan fingerprint density at radius 2 is 2.35 bits per heavy atom. The molecule has 5 nitrogen and oxygen atoms in total. The summed E-state index contributed by atoms with van der Waals surface area (Å²) in [5.41, 5.74) is -0.0830. The lowest BCUT2D eigenvalue weighted by molar-refractivity contribution is -0.385. The Bertz CT molecular complexity index is 439. The summed E-state index contributed by atoms with van der Waals surface area (Å²) in [6, 6.07) is 1.70. The molecule has 1 aromatic rings. The van der Waals surface area contributed by atoms with Gasteiger partial charge in [-0.05, 0) is 25.2 Å². The second-order valence-corrected chi connectivity index (χ2v) is 4.95. The van der Waals surface area contributed by atoms with Gasteiger partial charge < -0.3 is 5.32 Å². The minimum atomic E-state index is -0.500. The van der Waals surface area contributed by atoms with Crippen LogP contribution < -0.4 is 5.32 Å². The molecule has 2 rings (SSSR count). The molecule has 0 bridgehead atoms. The average Bonchev–Trinajstić information content (AvgIpc) is 2.67. The highest BCUT2D eigenvalue weighted by molar-refractivity contribution is 6.33. The maximum absolute atomic E-state index is 10.5. The predicted octanol–water partition coefficient (Wildman–Crippen LogP) is 3.24. The van der Waals surface area contributed by atoms with E-state index in [0.29, 0.717) is 22.8 Å². The van der Waals surface area contributed by atoms with Crippen molar-refractivity contribution in [2.24, 2.45) is 5.92 Å². The molecule has 6 heteroatoms. The van der Waals surface area contributed by atoms with Crippen molar-refractivity contribution in [2.75, 3.05) is 5.32 Å². The Kier molecular flexibility index (Phi) is 3.47. The van der Waals surface area contributed by atoms with Crippen molar-refractivity contribution in [2.45, 2.75) is 32.2 Å². The number of nitro groups is 1. The molecule has 92 valence electrons. The van der Waals surface area contributed by atoms with Crippen LogP contribution in [0, 0.1) is 16.0 Å². The van der Waals surface area contributed by atoms with E-state index in [2.05, 4.69) is 17.2 Å². The third-order valence-corrected chi connectivity index (χ3v) is 3.36. The third kappa shape index (κ3) is 2.85. The summed E-state index contributed by atoms with van der Waals surface area (Å²) in [7, 11) is 0. The van der Waals surface area contributed by atoms with E-state index in [1.165, 1.54) is 18.7 Å². The van der Waals surface area contributed by atoms with E-state index in [0.717, 1.165) is 12.8 Å². The van der Waals surface area contributed by atoms with Crippen molar-refractivity contribution in [1.82, 2.24) is 4.98 Å². The number of nitrogens with zero attached hydrogens (tertiary/aromatic N) is 2. The Balaban J connectivity index is 2.09. The molecule has 2 unspecified atom stereocenters. The molecule has 17 heavy (non-hydrogen) atoms. The number of pyridine rings is 1. The van der Waals surface area contributed by atoms with E-state index in [4.69, 9.17) is 11.6 Å². The van der Waals surface area contributed by atoms with Crippen LogP contribution in [0.3, 0.4) is 0 Å². The smallest absolute Gasteiger partial charge is 0.289 e. The fourth-order valence-electron chi connectivity index (χ4n) is 2.17. The molecule has 2 atom stereocenters. The summed E-state index contributed by atoms with van der Waals surface area (Å²) in [5, 5.41) is 14.1. The number of hydrogen-bond donors (Lipinski definition) is 1. The van der Waals surface area contributed by atoms with E-state index in [1.807, 2.05) is 0 Å². The van der Waals surface area contributed by atoms with Gasteiger partial charge in [0.1, 0.15) is 12.0 Å². The van der Waals surface area contributed by atoms with Crippen LogP contribution in [0.15, 0.2) is 12.3 Å². The van der Waals surface area contributed by atoms with Gasteiger partial charge >= 0.3 is 0 Å². The maximum Gasteiger partial charge on any atom is 0.289 e. The van der Waals surface area contributed by atoms with Gasteiger partial charge in [0.05, 0.1) is 9.95 Å². The fraction of sp³-hybridized carbons (Fsp3) is 0.545. The average molecular weight is 256 g/mol. The van der Waals surface area contributed by atoms with Gasteiger partial charge in [0.2, 0.25) is 0 Å². The molecule has 0 spiro atoms. The SMILES string of the molecule is CC1CCC(Nc2ncc([N+](=O)[O-])cc2Cl)C1. The zero-order valence-corrected chi connectivity index (χ0v) is 10.3. The number of halogens is 1. The Hall–Kier alpha value is -1.36. The van der Waals surface area contributed by atoms with Gasteiger partial charge in [-0.1, -0.05) is 18.5 Å². The summed E-state index contributed by atoms with van der Waals surface area (Å²) >= 11 is 5.96. The number of rotatable bonds is 3. The molecule has 1 fully saturated rings. The molecule has 0 aliphatic heterocycles. The topological polar surface area (TPSA) is 68.1 Å². The van der Waals surface area contributed by atoms with Gasteiger partial charge in [-0.2, -0.15) is 0 Å². The van der Waals surface area contributed by atoms with Crippen molar-refractivity contribution in [3.05, 3.63) is 27.4 Å². The first-order valence-electron chi connectivity index (χ1n) is 5.62. The molecule has 0 aromatic carbocycles. The third-order valence-electron chi connectivity index (χ3n) is 3.07. The first-order chi connectivity index (χ1) is 8.06. The number of nitrogens with one attached hydrogen (secondary N) is 1. The van der Waals surface area contributed by atoms with Crippen LogP contribution in [0.5, 0.6) is 0 Å². The molecule has 1 heterocycles. The summed E-state index contributed by atoms with van der Waals surface area (Å²) in [4.78, 5) is 14.0. The van der Waals surface area contributed by atoms with Crippen LogP contribution in [0.2, 0.25) is 5.02 Å². The highest BCUT2D eigenvalue weighted by atomic mass is 35.5. The molecule has 0 radical (unpaired) electrons. The molecule has 1 aromatic heterocycles. The van der Waals surface area contributed by atoms with Crippen LogP contribution in [0.1, 0.15) is 26.2 Å². The number of hydrogen-bond acceptors (Lipinski definition) is 4. The first kappa shape index (κ1) is 12.1. The van der Waals surface area contributed by atoms with Crippen LogP contribution >= 0.6 is 11.6 Å². The van der Waals surface area contributed by atoms with E-state index < -0.39 is 4.92 Å². The summed E-state index contributed by atoms with van der Waals surface area (Å²) < 4.78 is 0. The monoisotopic (exact) mass is 255 g/mol. The molecule has 1 aliphatic rings. The highest BCUT2D eigenvalue weighted by Gasteiger charge is 2.22. The summed E-state index contributed by atoms with van der Waals surface area (Å²) in [5.74, 6) is 1.25. The molecule has 1 saturated carbocycles. The van der Waals surface area contributed by atoms with Crippen molar-refractivity contribution in [3.8, 4) is 0 Å². The van der Waals surface area contributed by atoms with Crippen molar-refractivity contribution in [3.63, 3.8) is 0 Å². The van der Waals surface area contributed by atoms with Gasteiger partial charge in [-0.3, -0.25) is 10.1 Å². The molecular formula is C11H14ClN3O2. The summed E-state index contributed by atoms with van der Waals surface area (Å²) in [6.07, 6.45) is 4.61. The molecular weight excluding hydrogens is 242 g/mol. The largest absolute Gasteiger partial charge is 0.366 e. The van der Waals surface area contributed by atoms with Gasteiger partial charge in [0, 0.05) is 12.1 Å². The zero-order chi connectivity index (χ0) is 12.4. The van der Waals surface area contributed by atoms with Crippen molar-refractivity contribution in [1.29, 1.82) is 0 Å². The fourth-order valence-corrected chi connectivity index (χ4v) is 2.38. The predicted molar refractivity (Wildman–Crippen MR) is 66.3 cm³/mol. The van der Waals surface area contributed by atoms with E-state index in [9.17, 15) is 10.1 Å². The number of anilines is 1. The lowest BCUT2D eigenvalue weighted by Gasteiger charge is -2.13. The van der Waals surface area contributed by atoms with Crippen LogP contribution in [0.4, 0.5) is 11.5 Å². The minimum Gasteiger partial charge on any atom is -0.366 e. The lowest BCUT2D eigenvalue weighted by atomic mass is 10.1. The number of aromatic nitrogens is 1. The first-order valence-corrected chi connectivity index (χ1v) is 6.00. The molecule has 1 aliphatic carbocycles. The van der Waals surface area contributed by atoms with Gasteiger partial charge in [-0.25, -0.2) is 4.98 Å². The maximum atomic E-state index is 10.5. The van der Waals surface area contributed by atoms with Crippen LogP contribution in [0.25, 0.3) is 0 Å². The Labute approximate surface area is 104 Å². The minimum absolute atomic E-state index is 0.0830. The molecule has 1 N–H and O–H groups in total. The van der Waals surface area contributed by atoms with Gasteiger partial charge in [0.25, 0.3) is 5.69 Å². The second-order valence-electron chi connectivity index (χ2n) is 4.54. The van der Waals surface area contributed by atoms with Crippen molar-refractivity contribution < 1.29 is 4.92 Å². The van der Waals surface area contributed by atoms with E-state index in [1.54, 1.807) is 0 Å². The van der Waals surface area contributed by atoms with Crippen LogP contribution in [-0.4, -0.2) is 15.9 Å². The van der Waals surface area contributed by atoms with Crippen molar-refractivity contribution >= 4 is 23.1 Å². The van der Waals surface area contributed by atoms with E-state index in [-0.39, 0.29) is 5.69 Å². The van der Waals surface area contributed by atoms with E-state index >= 15 is 0 Å². The highest BCUT2D eigenvalue weighted by Crippen LogP contribution is 2.30. The van der Waals surface area contributed by atoms with Gasteiger partial charge in [0.15, 0.2) is 0 Å². The molecule has 0 amide bonds.